The fourth-order valence-corrected chi connectivity index (χ4v) is 1.48. The molecule has 1 atom stereocenters. The van der Waals surface area contributed by atoms with Crippen LogP contribution in [0.3, 0.4) is 0 Å². The van der Waals surface area contributed by atoms with E-state index in [4.69, 9.17) is 23.1 Å². The number of nitrogens with one attached hydrogen (secondary N) is 1. The first-order valence-corrected chi connectivity index (χ1v) is 5.92. The molecule has 0 spiro atoms. The number of halogens is 1. The molecule has 1 aromatic carbocycles. The predicted octanol–water partition coefficient (Wildman–Crippen LogP) is 0.254. The highest BCUT2D eigenvalue weighted by Crippen LogP contribution is 2.17. The molecule has 0 radical (unpaired) electrons. The molecule has 0 heterocycles. The van der Waals surface area contributed by atoms with Gasteiger partial charge in [-0.05, 0) is 25.1 Å². The van der Waals surface area contributed by atoms with Crippen LogP contribution in [0.2, 0.25) is 5.02 Å². The summed E-state index contributed by atoms with van der Waals surface area (Å²) < 4.78 is 0. The van der Waals surface area contributed by atoms with E-state index in [0.717, 1.165) is 0 Å². The van der Waals surface area contributed by atoms with Gasteiger partial charge in [0.1, 0.15) is 6.04 Å². The number of hydrogen-bond acceptors (Lipinski definition) is 3. The topological polar surface area (TPSA) is 98.2 Å². The summed E-state index contributed by atoms with van der Waals surface area (Å²) in [5.41, 5.74) is 11.2. The third-order valence-electron chi connectivity index (χ3n) is 2.33. The van der Waals surface area contributed by atoms with Crippen LogP contribution in [-0.4, -0.2) is 24.4 Å². The maximum atomic E-state index is 11.8. The lowest BCUT2D eigenvalue weighted by Crippen LogP contribution is -2.42. The molecule has 0 aromatic heterocycles. The number of primary amides is 1. The Kier molecular flexibility index (Phi) is 5.37. The third kappa shape index (κ3) is 4.28. The second kappa shape index (κ2) is 6.78. The Morgan fingerprint density at radius 3 is 2.68 bits per heavy atom. The zero-order chi connectivity index (χ0) is 14.4. The van der Waals surface area contributed by atoms with E-state index in [9.17, 15) is 9.59 Å². The lowest BCUT2D eigenvalue weighted by atomic mass is 10.1. The number of carbonyl (C=O) groups is 2. The second-order valence-corrected chi connectivity index (χ2v) is 4.21. The smallest absolute Gasteiger partial charge is 0.251 e. The Labute approximate surface area is 116 Å². The van der Waals surface area contributed by atoms with Crippen molar-refractivity contribution in [1.29, 1.82) is 0 Å². The highest BCUT2D eigenvalue weighted by atomic mass is 35.5. The first-order chi connectivity index (χ1) is 8.95. The van der Waals surface area contributed by atoms with Gasteiger partial charge in [-0.2, -0.15) is 0 Å². The molecule has 6 heteroatoms. The number of carbonyl (C=O) groups excluding carboxylic acids is 2. The number of benzene rings is 1. The van der Waals surface area contributed by atoms with Crippen LogP contribution in [0.25, 0.3) is 0 Å². The summed E-state index contributed by atoms with van der Waals surface area (Å²) in [6.07, 6.45) is 0. The minimum Gasteiger partial charge on any atom is -0.368 e. The monoisotopic (exact) mass is 279 g/mol. The molecular weight excluding hydrogens is 266 g/mol. The maximum Gasteiger partial charge on any atom is 0.251 e. The summed E-state index contributed by atoms with van der Waals surface area (Å²) in [6.45, 7) is 1.73. The second-order valence-electron chi connectivity index (χ2n) is 3.80. The van der Waals surface area contributed by atoms with Gasteiger partial charge in [-0.1, -0.05) is 23.4 Å². The zero-order valence-electron chi connectivity index (χ0n) is 10.4. The van der Waals surface area contributed by atoms with Crippen molar-refractivity contribution in [3.05, 3.63) is 34.3 Å². The van der Waals surface area contributed by atoms with E-state index in [1.54, 1.807) is 12.1 Å². The van der Waals surface area contributed by atoms with Gasteiger partial charge in [-0.25, -0.2) is 0 Å². The molecule has 0 aliphatic carbocycles. The highest BCUT2D eigenvalue weighted by Gasteiger charge is 2.14. The van der Waals surface area contributed by atoms with Crippen molar-refractivity contribution in [2.45, 2.75) is 13.0 Å². The van der Waals surface area contributed by atoms with Gasteiger partial charge >= 0.3 is 0 Å². The number of nitrogens with two attached hydrogens (primary N) is 2. The van der Waals surface area contributed by atoms with Crippen molar-refractivity contribution in [1.82, 2.24) is 5.32 Å². The molecule has 0 aliphatic heterocycles. The molecule has 1 rings (SSSR count). The van der Waals surface area contributed by atoms with E-state index in [0.29, 0.717) is 16.1 Å². The largest absolute Gasteiger partial charge is 0.368 e. The van der Waals surface area contributed by atoms with Crippen LogP contribution in [0.5, 0.6) is 0 Å². The molecular formula is C13H14ClN3O2. The summed E-state index contributed by atoms with van der Waals surface area (Å²) in [5.74, 6) is 4.43. The van der Waals surface area contributed by atoms with Crippen LogP contribution in [0.1, 0.15) is 22.8 Å². The van der Waals surface area contributed by atoms with Crippen molar-refractivity contribution in [2.24, 2.45) is 11.5 Å². The zero-order valence-corrected chi connectivity index (χ0v) is 11.1. The molecule has 0 fully saturated rings. The summed E-state index contributed by atoms with van der Waals surface area (Å²) in [4.78, 5) is 22.7. The van der Waals surface area contributed by atoms with Crippen LogP contribution < -0.4 is 16.8 Å². The number of amides is 2. The summed E-state index contributed by atoms with van der Waals surface area (Å²) in [5, 5.41) is 2.80. The summed E-state index contributed by atoms with van der Waals surface area (Å²) >= 11 is 5.99. The van der Waals surface area contributed by atoms with Crippen LogP contribution in [0.4, 0.5) is 0 Å². The van der Waals surface area contributed by atoms with Crippen molar-refractivity contribution < 1.29 is 9.59 Å². The molecule has 5 nitrogen and oxygen atoms in total. The van der Waals surface area contributed by atoms with Gasteiger partial charge in [0.2, 0.25) is 5.91 Å². The SMILES string of the molecule is CC(NC(=O)c1ccc(C#CCN)c(Cl)c1)C(N)=O. The number of hydrogen-bond donors (Lipinski definition) is 3. The van der Waals surface area contributed by atoms with Crippen LogP contribution in [-0.2, 0) is 4.79 Å². The quantitative estimate of drug-likeness (QED) is 0.692. The molecule has 2 amide bonds. The lowest BCUT2D eigenvalue weighted by molar-refractivity contribution is -0.119. The highest BCUT2D eigenvalue weighted by molar-refractivity contribution is 6.32. The van der Waals surface area contributed by atoms with E-state index in [2.05, 4.69) is 17.2 Å². The Morgan fingerprint density at radius 2 is 2.16 bits per heavy atom. The molecule has 0 saturated carbocycles. The van der Waals surface area contributed by atoms with Crippen molar-refractivity contribution in [3.8, 4) is 11.8 Å². The van der Waals surface area contributed by atoms with Crippen molar-refractivity contribution in [2.75, 3.05) is 6.54 Å². The van der Waals surface area contributed by atoms with Crippen LogP contribution in [0.15, 0.2) is 18.2 Å². The van der Waals surface area contributed by atoms with Gasteiger partial charge in [0.25, 0.3) is 5.91 Å². The van der Waals surface area contributed by atoms with E-state index in [-0.39, 0.29) is 6.54 Å². The van der Waals surface area contributed by atoms with E-state index in [1.165, 1.54) is 13.0 Å². The average Bonchev–Trinajstić information content (AvgIpc) is 2.36. The number of rotatable bonds is 3. The van der Waals surface area contributed by atoms with Gasteiger partial charge in [0, 0.05) is 11.1 Å². The summed E-state index contributed by atoms with van der Waals surface area (Å²) in [6, 6.07) is 3.91. The van der Waals surface area contributed by atoms with Gasteiger partial charge < -0.3 is 16.8 Å². The molecule has 0 saturated heterocycles. The first kappa shape index (κ1) is 15.0. The molecule has 100 valence electrons. The van der Waals surface area contributed by atoms with Crippen LogP contribution in [0, 0.1) is 11.8 Å². The van der Waals surface area contributed by atoms with Crippen LogP contribution >= 0.6 is 11.6 Å². The maximum absolute atomic E-state index is 11.8. The molecule has 0 aliphatic rings. The fourth-order valence-electron chi connectivity index (χ4n) is 1.26. The molecule has 1 aromatic rings. The standard InChI is InChI=1S/C13H14ClN3O2/c1-8(12(16)18)17-13(19)10-5-4-9(3-2-6-15)11(14)7-10/h4-5,7-8H,6,15H2,1H3,(H2,16,18)(H,17,19). The Balaban J connectivity index is 2.89. The van der Waals surface area contributed by atoms with E-state index >= 15 is 0 Å². The lowest BCUT2D eigenvalue weighted by Gasteiger charge is -2.10. The van der Waals surface area contributed by atoms with Gasteiger partial charge in [-0.3, -0.25) is 9.59 Å². The Morgan fingerprint density at radius 1 is 1.47 bits per heavy atom. The van der Waals surface area contributed by atoms with Crippen molar-refractivity contribution in [3.63, 3.8) is 0 Å². The first-order valence-electron chi connectivity index (χ1n) is 5.54. The normalized spacial score (nSPS) is 11.1. The average molecular weight is 280 g/mol. The van der Waals surface area contributed by atoms with Gasteiger partial charge in [-0.15, -0.1) is 0 Å². The van der Waals surface area contributed by atoms with Gasteiger partial charge in [0.15, 0.2) is 0 Å². The van der Waals surface area contributed by atoms with Crippen molar-refractivity contribution >= 4 is 23.4 Å². The van der Waals surface area contributed by atoms with E-state index < -0.39 is 17.9 Å². The predicted molar refractivity (Wildman–Crippen MR) is 73.5 cm³/mol. The minimum atomic E-state index is -0.747. The fraction of sp³-hybridized carbons (Fsp3) is 0.231. The molecule has 1 unspecified atom stereocenters. The van der Waals surface area contributed by atoms with E-state index in [1.807, 2.05) is 0 Å². The Hall–Kier alpha value is -2.03. The minimum absolute atomic E-state index is 0.231. The summed E-state index contributed by atoms with van der Waals surface area (Å²) in [7, 11) is 0. The van der Waals surface area contributed by atoms with Gasteiger partial charge in [0.05, 0.1) is 11.6 Å². The molecule has 0 bridgehead atoms. The molecule has 5 N–H and O–H groups in total. The molecule has 19 heavy (non-hydrogen) atoms. The third-order valence-corrected chi connectivity index (χ3v) is 2.64. The Bertz CT molecular complexity index is 561.